The molecule has 25 heavy (non-hydrogen) atoms. The molecule has 0 saturated heterocycles. The van der Waals surface area contributed by atoms with Gasteiger partial charge in [0.1, 0.15) is 5.82 Å². The van der Waals surface area contributed by atoms with Crippen LogP contribution in [0.2, 0.25) is 0 Å². The number of ether oxygens (including phenoxy) is 1. The summed E-state index contributed by atoms with van der Waals surface area (Å²) in [7, 11) is 0. The van der Waals surface area contributed by atoms with E-state index in [2.05, 4.69) is 0 Å². The number of nitrogens with zero attached hydrogens (tertiary/aromatic N) is 2. The van der Waals surface area contributed by atoms with Gasteiger partial charge in [0.25, 0.3) is 5.91 Å². The molecule has 0 saturated carbocycles. The number of benzene rings is 2. The summed E-state index contributed by atoms with van der Waals surface area (Å²) >= 11 is 0. The zero-order valence-corrected chi connectivity index (χ0v) is 14.0. The molecule has 2 aromatic rings. The van der Waals surface area contributed by atoms with E-state index in [4.69, 9.17) is 10.00 Å². The van der Waals surface area contributed by atoms with Gasteiger partial charge in [-0.25, -0.2) is 8.78 Å². The van der Waals surface area contributed by atoms with Crippen molar-refractivity contribution >= 4 is 5.91 Å². The van der Waals surface area contributed by atoms with Crippen LogP contribution in [-0.4, -0.2) is 23.5 Å². The molecule has 0 aromatic heterocycles. The van der Waals surface area contributed by atoms with Crippen LogP contribution in [0.1, 0.15) is 25.0 Å². The molecule has 0 N–H and O–H groups in total. The van der Waals surface area contributed by atoms with Crippen molar-refractivity contribution in [3.63, 3.8) is 0 Å². The minimum Gasteiger partial charge on any atom is -0.481 e. The predicted molar refractivity (Wildman–Crippen MR) is 88.7 cm³/mol. The first kappa shape index (κ1) is 18.4. The molecular weight excluding hydrogens is 326 g/mol. The van der Waals surface area contributed by atoms with Crippen molar-refractivity contribution in [1.29, 1.82) is 5.26 Å². The maximum Gasteiger partial charge on any atom is 0.261 e. The molecule has 0 atom stereocenters. The van der Waals surface area contributed by atoms with E-state index < -0.39 is 11.6 Å². The lowest BCUT2D eigenvalue weighted by Gasteiger charge is -2.27. The average molecular weight is 344 g/mol. The fourth-order valence-corrected chi connectivity index (χ4v) is 2.25. The lowest BCUT2D eigenvalue weighted by molar-refractivity contribution is -0.135. The van der Waals surface area contributed by atoms with Gasteiger partial charge in [-0.2, -0.15) is 5.26 Å². The maximum absolute atomic E-state index is 13.6. The summed E-state index contributed by atoms with van der Waals surface area (Å²) in [6.45, 7) is 3.72. The number of halogens is 2. The number of amides is 1. The van der Waals surface area contributed by atoms with Crippen molar-refractivity contribution in [2.24, 2.45) is 0 Å². The van der Waals surface area contributed by atoms with Gasteiger partial charge in [0.2, 0.25) is 0 Å². The molecule has 2 aromatic carbocycles. The molecule has 1 amide bonds. The first-order chi connectivity index (χ1) is 11.9. The van der Waals surface area contributed by atoms with Crippen LogP contribution < -0.4 is 4.74 Å². The molecule has 4 nitrogen and oxygen atoms in total. The summed E-state index contributed by atoms with van der Waals surface area (Å²) in [5, 5.41) is 8.82. The number of hydrogen-bond acceptors (Lipinski definition) is 3. The molecule has 0 fully saturated rings. The van der Waals surface area contributed by atoms with Crippen molar-refractivity contribution in [1.82, 2.24) is 4.90 Å². The summed E-state index contributed by atoms with van der Waals surface area (Å²) in [5.74, 6) is -2.04. The van der Waals surface area contributed by atoms with E-state index in [1.54, 1.807) is 29.2 Å². The minimum absolute atomic E-state index is 0.0928. The van der Waals surface area contributed by atoms with E-state index in [-0.39, 0.29) is 24.3 Å². The Labute approximate surface area is 145 Å². The van der Waals surface area contributed by atoms with Crippen LogP contribution in [0, 0.1) is 23.0 Å². The van der Waals surface area contributed by atoms with E-state index in [0.717, 1.165) is 17.7 Å². The van der Waals surface area contributed by atoms with E-state index in [1.807, 2.05) is 19.9 Å². The first-order valence-corrected chi connectivity index (χ1v) is 7.77. The third kappa shape index (κ3) is 5.01. The Morgan fingerprint density at radius 3 is 2.44 bits per heavy atom. The highest BCUT2D eigenvalue weighted by atomic mass is 19.1. The monoisotopic (exact) mass is 344 g/mol. The second kappa shape index (κ2) is 8.25. The fraction of sp³-hybridized carbons (Fsp3) is 0.263. The number of hydrogen-bond donors (Lipinski definition) is 0. The quantitative estimate of drug-likeness (QED) is 0.804. The van der Waals surface area contributed by atoms with Crippen molar-refractivity contribution in [3.05, 3.63) is 65.2 Å². The molecule has 0 unspecified atom stereocenters. The fourth-order valence-electron chi connectivity index (χ4n) is 2.25. The van der Waals surface area contributed by atoms with Gasteiger partial charge in [-0.1, -0.05) is 12.1 Å². The zero-order chi connectivity index (χ0) is 18.4. The van der Waals surface area contributed by atoms with E-state index >= 15 is 0 Å². The van der Waals surface area contributed by atoms with Crippen LogP contribution in [0.25, 0.3) is 0 Å². The summed E-state index contributed by atoms with van der Waals surface area (Å²) < 4.78 is 31.6. The van der Waals surface area contributed by atoms with Crippen molar-refractivity contribution in [3.8, 4) is 11.8 Å². The van der Waals surface area contributed by atoms with Crippen molar-refractivity contribution in [2.45, 2.75) is 26.4 Å². The number of nitriles is 1. The average Bonchev–Trinajstić information content (AvgIpc) is 2.59. The minimum atomic E-state index is -0.851. The second-order valence-electron chi connectivity index (χ2n) is 5.79. The number of carbonyl (C=O) groups is 1. The van der Waals surface area contributed by atoms with Crippen LogP contribution in [0.3, 0.4) is 0 Å². The maximum atomic E-state index is 13.6. The molecule has 0 radical (unpaired) electrons. The van der Waals surface area contributed by atoms with Gasteiger partial charge in [-0.05, 0) is 43.7 Å². The molecule has 0 spiro atoms. The van der Waals surface area contributed by atoms with Gasteiger partial charge in [-0.15, -0.1) is 0 Å². The zero-order valence-electron chi connectivity index (χ0n) is 14.0. The molecule has 0 aliphatic heterocycles. The molecule has 6 heteroatoms. The Balaban J connectivity index is 2.03. The topological polar surface area (TPSA) is 53.3 Å². The lowest BCUT2D eigenvalue weighted by atomic mass is 10.1. The Hall–Kier alpha value is -2.94. The Bertz CT molecular complexity index is 783. The Morgan fingerprint density at radius 2 is 1.88 bits per heavy atom. The third-order valence-electron chi connectivity index (χ3n) is 3.62. The third-order valence-corrected chi connectivity index (χ3v) is 3.62. The Morgan fingerprint density at radius 1 is 1.20 bits per heavy atom. The van der Waals surface area contributed by atoms with Crippen LogP contribution in [0.15, 0.2) is 42.5 Å². The van der Waals surface area contributed by atoms with E-state index in [1.165, 1.54) is 0 Å². The van der Waals surface area contributed by atoms with Crippen molar-refractivity contribution < 1.29 is 18.3 Å². The normalized spacial score (nSPS) is 10.4. The molecular formula is C19H18F2N2O2. The molecule has 0 aliphatic carbocycles. The summed E-state index contributed by atoms with van der Waals surface area (Å²) in [6, 6.07) is 11.8. The number of carbonyl (C=O) groups excluding carboxylic acids is 1. The first-order valence-electron chi connectivity index (χ1n) is 7.77. The lowest BCUT2D eigenvalue weighted by Crippen LogP contribution is -2.39. The van der Waals surface area contributed by atoms with Gasteiger partial charge in [0.15, 0.2) is 18.2 Å². The van der Waals surface area contributed by atoms with E-state index in [9.17, 15) is 13.6 Å². The van der Waals surface area contributed by atoms with Crippen LogP contribution in [0.5, 0.6) is 5.75 Å². The van der Waals surface area contributed by atoms with Crippen LogP contribution >= 0.6 is 0 Å². The Kier molecular flexibility index (Phi) is 6.07. The highest BCUT2D eigenvalue weighted by Crippen LogP contribution is 2.18. The summed E-state index contributed by atoms with van der Waals surface area (Å²) in [6.07, 6.45) is 0. The van der Waals surface area contributed by atoms with Gasteiger partial charge in [-0.3, -0.25) is 4.79 Å². The smallest absolute Gasteiger partial charge is 0.261 e. The summed E-state index contributed by atoms with van der Waals surface area (Å²) in [4.78, 5) is 14.0. The second-order valence-corrected chi connectivity index (χ2v) is 5.79. The molecule has 0 heterocycles. The van der Waals surface area contributed by atoms with Crippen LogP contribution in [-0.2, 0) is 11.3 Å². The van der Waals surface area contributed by atoms with Crippen molar-refractivity contribution in [2.75, 3.05) is 6.61 Å². The SMILES string of the molecule is CC(C)N(Cc1ccc(C#N)cc1)C(=O)COc1ccc(F)cc1F. The summed E-state index contributed by atoms with van der Waals surface area (Å²) in [5.41, 5.74) is 1.41. The molecule has 0 aliphatic rings. The highest BCUT2D eigenvalue weighted by Gasteiger charge is 2.18. The standard InChI is InChI=1S/C19H18F2N2O2/c1-13(2)23(11-15-5-3-14(10-22)4-6-15)19(24)12-25-18-8-7-16(20)9-17(18)21/h3-9,13H,11-12H2,1-2H3. The van der Waals surface area contributed by atoms with Gasteiger partial charge >= 0.3 is 0 Å². The largest absolute Gasteiger partial charge is 0.481 e. The molecule has 130 valence electrons. The molecule has 0 bridgehead atoms. The van der Waals surface area contributed by atoms with Crippen LogP contribution in [0.4, 0.5) is 8.78 Å². The predicted octanol–water partition coefficient (Wildman–Crippen LogP) is 3.65. The van der Waals surface area contributed by atoms with Gasteiger partial charge in [0, 0.05) is 18.7 Å². The number of rotatable bonds is 6. The van der Waals surface area contributed by atoms with Gasteiger partial charge in [0.05, 0.1) is 11.6 Å². The van der Waals surface area contributed by atoms with E-state index in [0.29, 0.717) is 18.2 Å². The molecule has 2 rings (SSSR count). The van der Waals surface area contributed by atoms with Gasteiger partial charge < -0.3 is 9.64 Å². The highest BCUT2D eigenvalue weighted by molar-refractivity contribution is 5.78.